The molecular formula is C11H15F8NO2S. The highest BCUT2D eigenvalue weighted by Crippen LogP contribution is 2.54. The van der Waals surface area contributed by atoms with E-state index >= 15 is 0 Å². The van der Waals surface area contributed by atoms with Gasteiger partial charge in [-0.15, -0.1) is 0 Å². The summed E-state index contributed by atoms with van der Waals surface area (Å²) in [5.41, 5.74) is 0. The van der Waals surface area contributed by atoms with Crippen LogP contribution in [0.3, 0.4) is 0 Å². The summed E-state index contributed by atoms with van der Waals surface area (Å²) in [6, 6.07) is 0. The maximum absolute atomic E-state index is 13.7. The molecule has 1 rings (SSSR count). The van der Waals surface area contributed by atoms with Crippen LogP contribution in [-0.4, -0.2) is 48.8 Å². The van der Waals surface area contributed by atoms with Crippen LogP contribution in [0.5, 0.6) is 0 Å². The van der Waals surface area contributed by atoms with Crippen molar-refractivity contribution in [1.29, 1.82) is 0 Å². The summed E-state index contributed by atoms with van der Waals surface area (Å²) >= 11 is 0. The number of rotatable bonds is 5. The fourth-order valence-electron chi connectivity index (χ4n) is 2.06. The van der Waals surface area contributed by atoms with Gasteiger partial charge in [-0.2, -0.15) is 39.4 Å². The first kappa shape index (κ1) is 20.4. The average Bonchev–Trinajstić information content (AvgIpc) is 2.65. The van der Waals surface area contributed by atoms with Gasteiger partial charge in [0.25, 0.3) is 10.0 Å². The molecule has 12 heteroatoms. The van der Waals surface area contributed by atoms with Crippen LogP contribution in [0, 0.1) is 0 Å². The molecule has 0 radical (unpaired) electrons. The number of nitrogens with zero attached hydrogens (tertiary/aromatic N) is 1. The molecule has 0 unspecified atom stereocenters. The maximum atomic E-state index is 13.7. The van der Waals surface area contributed by atoms with E-state index in [9.17, 15) is 43.5 Å². The number of halogens is 8. The highest BCUT2D eigenvalue weighted by atomic mass is 32.2. The first-order valence-electron chi connectivity index (χ1n) is 6.61. The second kappa shape index (κ2) is 6.01. The fourth-order valence-corrected chi connectivity index (χ4v) is 3.58. The van der Waals surface area contributed by atoms with Gasteiger partial charge in [0.05, 0.1) is 0 Å². The van der Waals surface area contributed by atoms with Crippen LogP contribution in [0.15, 0.2) is 0 Å². The summed E-state index contributed by atoms with van der Waals surface area (Å²) in [7, 11) is -6.25. The number of sulfonamides is 1. The van der Waals surface area contributed by atoms with Gasteiger partial charge in [-0.3, -0.25) is 0 Å². The van der Waals surface area contributed by atoms with Gasteiger partial charge in [0.1, 0.15) is 0 Å². The van der Waals surface area contributed by atoms with Gasteiger partial charge in [-0.1, -0.05) is 12.8 Å². The molecule has 3 nitrogen and oxygen atoms in total. The van der Waals surface area contributed by atoms with Crippen molar-refractivity contribution >= 4 is 10.0 Å². The van der Waals surface area contributed by atoms with E-state index in [0.29, 0.717) is 12.8 Å². The van der Waals surface area contributed by atoms with E-state index < -0.39 is 53.1 Å². The molecule has 0 bridgehead atoms. The molecule has 1 saturated heterocycles. The normalized spacial score (nSPS) is 20.4. The third-order valence-electron chi connectivity index (χ3n) is 3.54. The molecule has 0 N–H and O–H groups in total. The Hall–Kier alpha value is -0.650. The number of hydrogen-bond acceptors (Lipinski definition) is 2. The summed E-state index contributed by atoms with van der Waals surface area (Å²) in [4.78, 5) is 0. The van der Waals surface area contributed by atoms with Gasteiger partial charge in [0, 0.05) is 20.0 Å². The van der Waals surface area contributed by atoms with Crippen LogP contribution >= 0.6 is 0 Å². The predicted octanol–water partition coefficient (Wildman–Crippen LogP) is 3.71. The van der Waals surface area contributed by atoms with Crippen molar-refractivity contribution in [1.82, 2.24) is 4.31 Å². The van der Waals surface area contributed by atoms with Crippen LogP contribution in [0.4, 0.5) is 35.1 Å². The molecular weight excluding hydrogens is 362 g/mol. The molecule has 0 amide bonds. The van der Waals surface area contributed by atoms with E-state index in [4.69, 9.17) is 0 Å². The molecule has 0 spiro atoms. The zero-order valence-corrected chi connectivity index (χ0v) is 12.8. The van der Waals surface area contributed by atoms with Crippen LogP contribution in [0.1, 0.15) is 32.6 Å². The molecule has 0 aromatic heterocycles. The molecule has 0 aromatic rings. The molecule has 0 atom stereocenters. The van der Waals surface area contributed by atoms with Gasteiger partial charge in [0.2, 0.25) is 0 Å². The SMILES string of the molecule is CC(F)(F)C(F)(F)C(F)(F)C(F)(F)S(=O)(=O)N1CCCCCC1. The lowest BCUT2D eigenvalue weighted by molar-refractivity contribution is -0.343. The second-order valence-corrected chi connectivity index (χ2v) is 7.35. The number of hydrogen-bond donors (Lipinski definition) is 0. The van der Waals surface area contributed by atoms with E-state index in [-0.39, 0.29) is 17.1 Å². The molecule has 138 valence electrons. The zero-order valence-electron chi connectivity index (χ0n) is 11.9. The Kier molecular flexibility index (Phi) is 5.33. The molecule has 0 aliphatic carbocycles. The van der Waals surface area contributed by atoms with Gasteiger partial charge >= 0.3 is 23.0 Å². The first-order chi connectivity index (χ1) is 10.1. The lowest BCUT2D eigenvalue weighted by atomic mass is 10.1. The average molecular weight is 377 g/mol. The predicted molar refractivity (Wildman–Crippen MR) is 64.4 cm³/mol. The molecule has 1 heterocycles. The van der Waals surface area contributed by atoms with Gasteiger partial charge in [-0.05, 0) is 12.8 Å². The smallest absolute Gasteiger partial charge is 0.206 e. The van der Waals surface area contributed by atoms with Gasteiger partial charge in [0.15, 0.2) is 0 Å². The highest BCUT2D eigenvalue weighted by molar-refractivity contribution is 7.90. The Labute approximate surface area is 127 Å². The van der Waals surface area contributed by atoms with Crippen LogP contribution in [0.25, 0.3) is 0 Å². The van der Waals surface area contributed by atoms with Crippen molar-refractivity contribution in [3.05, 3.63) is 0 Å². The quantitative estimate of drug-likeness (QED) is 0.685. The molecule has 0 aromatic carbocycles. The summed E-state index contributed by atoms with van der Waals surface area (Å²) in [5, 5.41) is -6.38. The number of alkyl halides is 8. The summed E-state index contributed by atoms with van der Waals surface area (Å²) in [6.07, 6.45) is 1.02. The van der Waals surface area contributed by atoms with E-state index in [2.05, 4.69) is 0 Å². The summed E-state index contributed by atoms with van der Waals surface area (Å²) < 4.78 is 129. The third-order valence-corrected chi connectivity index (χ3v) is 5.49. The molecule has 1 aliphatic rings. The van der Waals surface area contributed by atoms with Crippen LogP contribution < -0.4 is 0 Å². The molecule has 1 aliphatic heterocycles. The van der Waals surface area contributed by atoms with Crippen molar-refractivity contribution < 1.29 is 43.5 Å². The fraction of sp³-hybridized carbons (Fsp3) is 1.00. The topological polar surface area (TPSA) is 37.4 Å². The summed E-state index contributed by atoms with van der Waals surface area (Å²) in [6.45, 7) is -1.82. The largest absolute Gasteiger partial charge is 0.427 e. The van der Waals surface area contributed by atoms with Crippen LogP contribution in [-0.2, 0) is 10.0 Å². The van der Waals surface area contributed by atoms with Crippen molar-refractivity contribution in [2.75, 3.05) is 13.1 Å². The molecule has 23 heavy (non-hydrogen) atoms. The Morgan fingerprint density at radius 3 is 1.48 bits per heavy atom. The lowest BCUT2D eigenvalue weighted by Gasteiger charge is -2.36. The molecule has 0 saturated carbocycles. The molecule has 1 fully saturated rings. The second-order valence-electron chi connectivity index (χ2n) is 5.37. The van der Waals surface area contributed by atoms with Crippen molar-refractivity contribution in [3.63, 3.8) is 0 Å². The lowest BCUT2D eigenvalue weighted by Crippen LogP contribution is -2.65. The van der Waals surface area contributed by atoms with E-state index in [1.165, 1.54) is 0 Å². The zero-order chi connectivity index (χ0) is 18.3. The minimum atomic E-state index is -6.79. The standard InChI is InChI=1S/C11H15F8NO2S/c1-8(12,13)9(14,15)10(16,17)11(18,19)23(21,22)20-6-4-2-3-5-7-20/h2-7H2,1H3. The maximum Gasteiger partial charge on any atom is 0.427 e. The Morgan fingerprint density at radius 2 is 1.13 bits per heavy atom. The Morgan fingerprint density at radius 1 is 0.739 bits per heavy atom. The van der Waals surface area contributed by atoms with Crippen molar-refractivity contribution in [2.45, 2.75) is 55.6 Å². The summed E-state index contributed by atoms with van der Waals surface area (Å²) in [5.74, 6) is -18.9. The van der Waals surface area contributed by atoms with Crippen LogP contribution in [0.2, 0.25) is 0 Å². The van der Waals surface area contributed by atoms with E-state index in [1.807, 2.05) is 0 Å². The van der Waals surface area contributed by atoms with Crippen molar-refractivity contribution in [3.8, 4) is 0 Å². The van der Waals surface area contributed by atoms with E-state index in [0.717, 1.165) is 0 Å². The highest BCUT2D eigenvalue weighted by Gasteiger charge is 2.83. The Bertz CT molecular complexity index is 521. The van der Waals surface area contributed by atoms with Crippen molar-refractivity contribution in [2.24, 2.45) is 0 Å². The third kappa shape index (κ3) is 3.15. The Balaban J connectivity index is 3.31. The monoisotopic (exact) mass is 377 g/mol. The first-order valence-corrected chi connectivity index (χ1v) is 8.05. The minimum Gasteiger partial charge on any atom is -0.206 e. The van der Waals surface area contributed by atoms with Gasteiger partial charge in [-0.25, -0.2) is 8.42 Å². The van der Waals surface area contributed by atoms with E-state index in [1.54, 1.807) is 0 Å². The van der Waals surface area contributed by atoms with Gasteiger partial charge < -0.3 is 0 Å². The minimum absolute atomic E-state index is 0.0439.